The molecule has 2 aliphatic rings. The quantitative estimate of drug-likeness (QED) is 0.640. The van der Waals surface area contributed by atoms with Gasteiger partial charge in [-0.15, -0.1) is 0 Å². The average Bonchev–Trinajstić information content (AvgIpc) is 3.19. The third-order valence-corrected chi connectivity index (χ3v) is 6.12. The molecule has 1 heterocycles. The Morgan fingerprint density at radius 3 is 2.23 bits per heavy atom. The molecule has 176 valence electrons. The van der Waals surface area contributed by atoms with Crippen molar-refractivity contribution in [2.45, 2.75) is 96.4 Å². The molecule has 0 aromatic heterocycles. The zero-order chi connectivity index (χ0) is 23.3. The molecule has 9 heteroatoms. The highest BCUT2D eigenvalue weighted by Crippen LogP contribution is 2.29. The summed E-state index contributed by atoms with van der Waals surface area (Å²) >= 11 is 0. The Hall–Kier alpha value is -2.19. The lowest BCUT2D eigenvalue weighted by atomic mass is 9.83. The minimum Gasteiger partial charge on any atom is -0.444 e. The van der Waals surface area contributed by atoms with E-state index in [9.17, 15) is 23.6 Å². The second kappa shape index (κ2) is 10.4. The van der Waals surface area contributed by atoms with Crippen molar-refractivity contribution in [3.05, 3.63) is 0 Å². The molecule has 0 unspecified atom stereocenters. The maximum atomic E-state index is 13.5. The number of rotatable bonds is 6. The number of amides is 3. The molecule has 0 aromatic rings. The fraction of sp³-hybridized carbons (Fsp3) is 0.818. The van der Waals surface area contributed by atoms with Crippen molar-refractivity contribution in [3.8, 4) is 0 Å². The molecule has 0 bridgehead atoms. The van der Waals surface area contributed by atoms with Crippen LogP contribution in [0.3, 0.4) is 0 Å². The molecule has 0 aromatic carbocycles. The highest BCUT2D eigenvalue weighted by Gasteiger charge is 2.41. The minimum absolute atomic E-state index is 0.0832. The molecule has 3 atom stereocenters. The number of nitrogens with zero attached hydrogens (tertiary/aromatic N) is 2. The number of hydrogen-bond acceptors (Lipinski definition) is 5. The smallest absolute Gasteiger partial charge is 0.410 e. The Balaban J connectivity index is 2.15. The molecule has 0 radical (unpaired) electrons. The van der Waals surface area contributed by atoms with E-state index in [-0.39, 0.29) is 5.92 Å². The van der Waals surface area contributed by atoms with Gasteiger partial charge in [0, 0.05) is 13.6 Å². The van der Waals surface area contributed by atoms with Gasteiger partial charge in [0.15, 0.2) is 0 Å². The molecule has 1 N–H and O–H groups in total. The summed E-state index contributed by atoms with van der Waals surface area (Å²) in [5.41, 5.74) is -0.703. The van der Waals surface area contributed by atoms with Gasteiger partial charge < -0.3 is 15.0 Å². The van der Waals surface area contributed by atoms with Gasteiger partial charge in [0.05, 0.1) is 0 Å². The Morgan fingerprint density at radius 2 is 1.68 bits per heavy atom. The second-order valence-corrected chi connectivity index (χ2v) is 9.65. The molecule has 1 saturated heterocycles. The first kappa shape index (κ1) is 25.1. The standard InChI is InChI=1S/C22H36FN3O5/c1-14(25(5)21(30)31-22(2,3)4)19(28)24-17(15-10-7-6-8-11-15)20(29)26-13-9-12-16(26)18(23)27/h14-17H,6-13H2,1-5H3,(H,24,28)/t14-,16-,17-/m0/s1. The summed E-state index contributed by atoms with van der Waals surface area (Å²) < 4.78 is 18.8. The second-order valence-electron chi connectivity index (χ2n) is 9.65. The van der Waals surface area contributed by atoms with Crippen LogP contribution in [-0.4, -0.2) is 71.1 Å². The average molecular weight is 442 g/mol. The van der Waals surface area contributed by atoms with E-state index in [0.29, 0.717) is 19.4 Å². The first-order valence-corrected chi connectivity index (χ1v) is 11.2. The van der Waals surface area contributed by atoms with Crippen LogP contribution < -0.4 is 5.32 Å². The fourth-order valence-electron chi connectivity index (χ4n) is 4.24. The monoisotopic (exact) mass is 441 g/mol. The van der Waals surface area contributed by atoms with Crippen molar-refractivity contribution in [2.24, 2.45) is 5.92 Å². The number of carbonyl (C=O) groups is 4. The Labute approximate surface area is 183 Å². The van der Waals surface area contributed by atoms with Gasteiger partial charge in [-0.05, 0) is 59.3 Å². The van der Waals surface area contributed by atoms with Gasteiger partial charge in [-0.25, -0.2) is 4.79 Å². The maximum Gasteiger partial charge on any atom is 0.410 e. The van der Waals surface area contributed by atoms with Gasteiger partial charge in [-0.2, -0.15) is 4.39 Å². The van der Waals surface area contributed by atoms with Crippen LogP contribution in [0.1, 0.15) is 72.6 Å². The molecular weight excluding hydrogens is 405 g/mol. The minimum atomic E-state index is -1.52. The zero-order valence-corrected chi connectivity index (χ0v) is 19.3. The van der Waals surface area contributed by atoms with Crippen LogP contribution in [0, 0.1) is 5.92 Å². The normalized spacial score (nSPS) is 21.9. The van der Waals surface area contributed by atoms with E-state index >= 15 is 0 Å². The molecule has 2 fully saturated rings. The third kappa shape index (κ3) is 6.64. The number of likely N-dealkylation sites (tertiary alicyclic amines) is 1. The fourth-order valence-corrected chi connectivity index (χ4v) is 4.24. The lowest BCUT2D eigenvalue weighted by molar-refractivity contribution is -0.146. The molecule has 0 spiro atoms. The van der Waals surface area contributed by atoms with E-state index in [1.165, 1.54) is 16.8 Å². The topological polar surface area (TPSA) is 96.0 Å². The lowest BCUT2D eigenvalue weighted by Gasteiger charge is -2.35. The van der Waals surface area contributed by atoms with Crippen molar-refractivity contribution >= 4 is 23.9 Å². The Kier molecular flexibility index (Phi) is 8.42. The van der Waals surface area contributed by atoms with Gasteiger partial charge in [-0.1, -0.05) is 19.3 Å². The molecule has 8 nitrogen and oxygen atoms in total. The molecule has 31 heavy (non-hydrogen) atoms. The van der Waals surface area contributed by atoms with Gasteiger partial charge in [0.25, 0.3) is 0 Å². The summed E-state index contributed by atoms with van der Waals surface area (Å²) in [6, 6.07) is -4.30. The SMILES string of the molecule is C[C@@H](C(=O)N[C@H](C(=O)N1CCC[C@H]1C(=O)F)C1CCCCC1)N(C)C(=O)OC(C)(C)C. The maximum absolute atomic E-state index is 13.5. The molecule has 1 aliphatic heterocycles. The van der Waals surface area contributed by atoms with Gasteiger partial charge >= 0.3 is 12.1 Å². The van der Waals surface area contributed by atoms with Crippen LogP contribution in [0.25, 0.3) is 0 Å². The van der Waals surface area contributed by atoms with Crippen LogP contribution >= 0.6 is 0 Å². The van der Waals surface area contributed by atoms with Crippen LogP contribution in [-0.2, 0) is 19.1 Å². The van der Waals surface area contributed by atoms with Crippen LogP contribution in [0.15, 0.2) is 0 Å². The van der Waals surface area contributed by atoms with E-state index < -0.39 is 47.7 Å². The van der Waals surface area contributed by atoms with Gasteiger partial charge in [0.2, 0.25) is 11.8 Å². The van der Waals surface area contributed by atoms with E-state index in [0.717, 1.165) is 32.1 Å². The van der Waals surface area contributed by atoms with E-state index in [2.05, 4.69) is 5.32 Å². The van der Waals surface area contributed by atoms with Crippen LogP contribution in [0.2, 0.25) is 0 Å². The predicted molar refractivity (Wildman–Crippen MR) is 113 cm³/mol. The number of nitrogens with one attached hydrogen (secondary N) is 1. The van der Waals surface area contributed by atoms with Crippen LogP contribution in [0.4, 0.5) is 9.18 Å². The molecule has 3 amide bonds. The van der Waals surface area contributed by atoms with E-state index in [1.54, 1.807) is 27.7 Å². The number of likely N-dealkylation sites (N-methyl/N-ethyl adjacent to an activating group) is 1. The number of carbonyl (C=O) groups excluding carboxylic acids is 4. The van der Waals surface area contributed by atoms with Crippen LogP contribution in [0.5, 0.6) is 0 Å². The number of hydrogen-bond donors (Lipinski definition) is 1. The van der Waals surface area contributed by atoms with Gasteiger partial charge in [-0.3, -0.25) is 19.3 Å². The highest BCUT2D eigenvalue weighted by atomic mass is 19.1. The Morgan fingerprint density at radius 1 is 1.06 bits per heavy atom. The van der Waals surface area contributed by atoms with Crippen molar-refractivity contribution in [2.75, 3.05) is 13.6 Å². The molecule has 2 rings (SSSR count). The van der Waals surface area contributed by atoms with Crippen molar-refractivity contribution in [1.82, 2.24) is 15.1 Å². The summed E-state index contributed by atoms with van der Waals surface area (Å²) in [6.07, 6.45) is 4.71. The number of halogens is 1. The van der Waals surface area contributed by atoms with Gasteiger partial charge in [0.1, 0.15) is 23.7 Å². The third-order valence-electron chi connectivity index (χ3n) is 6.12. The first-order chi connectivity index (χ1) is 14.4. The molecule has 1 saturated carbocycles. The lowest BCUT2D eigenvalue weighted by Crippen LogP contribution is -2.58. The molecule has 1 aliphatic carbocycles. The summed E-state index contributed by atoms with van der Waals surface area (Å²) in [5, 5.41) is 2.81. The summed E-state index contributed by atoms with van der Waals surface area (Å²) in [5.74, 6) is -0.985. The number of ether oxygens (including phenoxy) is 1. The largest absolute Gasteiger partial charge is 0.444 e. The first-order valence-electron chi connectivity index (χ1n) is 11.2. The van der Waals surface area contributed by atoms with Crippen molar-refractivity contribution in [1.29, 1.82) is 0 Å². The van der Waals surface area contributed by atoms with E-state index in [1.807, 2.05) is 0 Å². The summed E-state index contributed by atoms with van der Waals surface area (Å²) in [7, 11) is 1.47. The summed E-state index contributed by atoms with van der Waals surface area (Å²) in [6.45, 7) is 7.07. The van der Waals surface area contributed by atoms with E-state index in [4.69, 9.17) is 4.74 Å². The van der Waals surface area contributed by atoms with Crippen molar-refractivity contribution < 1.29 is 28.3 Å². The molecular formula is C22H36FN3O5. The summed E-state index contributed by atoms with van der Waals surface area (Å²) in [4.78, 5) is 52.4. The van der Waals surface area contributed by atoms with Crippen molar-refractivity contribution in [3.63, 3.8) is 0 Å². The highest BCUT2D eigenvalue weighted by molar-refractivity contribution is 5.93. The predicted octanol–water partition coefficient (Wildman–Crippen LogP) is 2.79. The zero-order valence-electron chi connectivity index (χ0n) is 19.3. The Bertz CT molecular complexity index is 687.